The van der Waals surface area contributed by atoms with Crippen LogP contribution in [0.15, 0.2) is 18.2 Å². The molecular weight excluding hydrogens is 346 g/mol. The molecule has 1 saturated carbocycles. The average Bonchev–Trinajstić information content (AvgIpc) is 3.35. The molecule has 25 heavy (non-hydrogen) atoms. The van der Waals surface area contributed by atoms with Crippen LogP contribution in [-0.4, -0.2) is 31.1 Å². The molecule has 0 bridgehead atoms. The summed E-state index contributed by atoms with van der Waals surface area (Å²) in [6.07, 6.45) is -7.01. The fraction of sp³-hybridized carbons (Fsp3) is 0.647. The van der Waals surface area contributed by atoms with Gasteiger partial charge in [-0.05, 0) is 36.1 Å². The lowest BCUT2D eigenvalue weighted by atomic mass is 9.94. The third-order valence-electron chi connectivity index (χ3n) is 4.84. The van der Waals surface area contributed by atoms with Crippen LogP contribution >= 0.6 is 0 Å². The quantitative estimate of drug-likeness (QED) is 0.791. The number of benzene rings is 1. The molecule has 3 rings (SSSR count). The van der Waals surface area contributed by atoms with Crippen molar-refractivity contribution in [1.29, 1.82) is 0 Å². The van der Waals surface area contributed by atoms with Crippen molar-refractivity contribution in [1.82, 2.24) is 10.2 Å². The van der Waals surface area contributed by atoms with Gasteiger partial charge < -0.3 is 5.32 Å². The number of alkyl halides is 6. The van der Waals surface area contributed by atoms with Gasteiger partial charge in [0.1, 0.15) is 0 Å². The minimum absolute atomic E-state index is 0.121. The normalized spacial score (nSPS) is 21.4. The number of hydrogen-bond donors (Lipinski definition) is 1. The lowest BCUT2D eigenvalue weighted by Gasteiger charge is -2.36. The maximum atomic E-state index is 13.1. The first kappa shape index (κ1) is 18.5. The Labute approximate surface area is 142 Å². The highest BCUT2D eigenvalue weighted by Crippen LogP contribution is 2.43. The summed E-state index contributed by atoms with van der Waals surface area (Å²) in [7, 11) is 0. The monoisotopic (exact) mass is 366 g/mol. The third-order valence-corrected chi connectivity index (χ3v) is 4.84. The van der Waals surface area contributed by atoms with E-state index in [0.717, 1.165) is 25.0 Å². The number of nitrogens with one attached hydrogen (secondary N) is 1. The maximum absolute atomic E-state index is 13.1. The minimum atomic E-state index is -4.80. The van der Waals surface area contributed by atoms with Gasteiger partial charge in [-0.2, -0.15) is 26.3 Å². The molecular formula is C17H20F6N2. The smallest absolute Gasteiger partial charge is 0.314 e. The SMILES string of the molecule is FC(F)(F)c1cc([C@H](CC2CC2)N2CCNCC2)cc(C(F)(F)F)c1. The molecule has 1 N–H and O–H groups in total. The van der Waals surface area contributed by atoms with Crippen LogP contribution in [0, 0.1) is 5.92 Å². The van der Waals surface area contributed by atoms with E-state index in [0.29, 0.717) is 38.5 Å². The fourth-order valence-corrected chi connectivity index (χ4v) is 3.33. The van der Waals surface area contributed by atoms with Gasteiger partial charge in [-0.3, -0.25) is 4.90 Å². The molecule has 1 aromatic carbocycles. The molecule has 0 amide bonds. The van der Waals surface area contributed by atoms with E-state index in [-0.39, 0.29) is 11.6 Å². The van der Waals surface area contributed by atoms with Crippen LogP contribution in [0.25, 0.3) is 0 Å². The summed E-state index contributed by atoms with van der Waals surface area (Å²) in [4.78, 5) is 2.00. The molecule has 2 fully saturated rings. The Morgan fingerprint density at radius 2 is 1.44 bits per heavy atom. The molecule has 0 spiro atoms. The lowest BCUT2D eigenvalue weighted by molar-refractivity contribution is -0.143. The topological polar surface area (TPSA) is 15.3 Å². The van der Waals surface area contributed by atoms with Crippen molar-refractivity contribution < 1.29 is 26.3 Å². The van der Waals surface area contributed by atoms with E-state index in [1.807, 2.05) is 4.90 Å². The first-order chi connectivity index (χ1) is 11.6. The highest BCUT2D eigenvalue weighted by Gasteiger charge is 2.39. The van der Waals surface area contributed by atoms with Gasteiger partial charge in [-0.15, -0.1) is 0 Å². The molecule has 140 valence electrons. The van der Waals surface area contributed by atoms with Crippen LogP contribution in [-0.2, 0) is 12.4 Å². The summed E-state index contributed by atoms with van der Waals surface area (Å²) in [5.74, 6) is 0.392. The molecule has 1 aliphatic carbocycles. The zero-order chi connectivity index (χ0) is 18.2. The van der Waals surface area contributed by atoms with Gasteiger partial charge in [0.15, 0.2) is 0 Å². The number of rotatable bonds is 4. The van der Waals surface area contributed by atoms with Crippen LogP contribution in [0.3, 0.4) is 0 Å². The number of hydrogen-bond acceptors (Lipinski definition) is 2. The van der Waals surface area contributed by atoms with Crippen LogP contribution < -0.4 is 5.32 Å². The van der Waals surface area contributed by atoms with Crippen LogP contribution in [0.1, 0.15) is 42.0 Å². The molecule has 0 aromatic heterocycles. The third kappa shape index (κ3) is 4.67. The summed E-state index contributed by atoms with van der Waals surface area (Å²) in [5, 5.41) is 3.16. The largest absolute Gasteiger partial charge is 0.416 e. The van der Waals surface area contributed by atoms with Crippen molar-refractivity contribution in [3.63, 3.8) is 0 Å². The fourth-order valence-electron chi connectivity index (χ4n) is 3.33. The second-order valence-corrected chi connectivity index (χ2v) is 6.82. The Balaban J connectivity index is 2.00. The van der Waals surface area contributed by atoms with Gasteiger partial charge in [0.2, 0.25) is 0 Å². The van der Waals surface area contributed by atoms with Crippen molar-refractivity contribution in [3.05, 3.63) is 34.9 Å². The van der Waals surface area contributed by atoms with Gasteiger partial charge in [0.05, 0.1) is 11.1 Å². The summed E-state index contributed by atoms with van der Waals surface area (Å²) in [5.41, 5.74) is -2.34. The van der Waals surface area contributed by atoms with Crippen LogP contribution in [0.2, 0.25) is 0 Å². The van der Waals surface area contributed by atoms with Gasteiger partial charge in [-0.25, -0.2) is 0 Å². The highest BCUT2D eigenvalue weighted by atomic mass is 19.4. The van der Waals surface area contributed by atoms with Crippen molar-refractivity contribution in [2.24, 2.45) is 5.92 Å². The zero-order valence-corrected chi connectivity index (χ0v) is 13.6. The molecule has 1 aliphatic heterocycles. The predicted octanol–water partition coefficient (Wildman–Crippen LogP) is 4.47. The molecule has 0 unspecified atom stereocenters. The van der Waals surface area contributed by atoms with Crippen molar-refractivity contribution in [3.8, 4) is 0 Å². The lowest BCUT2D eigenvalue weighted by Crippen LogP contribution is -2.45. The summed E-state index contributed by atoms with van der Waals surface area (Å²) >= 11 is 0. The average molecular weight is 366 g/mol. The maximum Gasteiger partial charge on any atom is 0.416 e. The van der Waals surface area contributed by atoms with E-state index in [9.17, 15) is 26.3 Å². The summed E-state index contributed by atoms with van der Waals surface area (Å²) in [6, 6.07) is 1.59. The molecule has 0 radical (unpaired) electrons. The first-order valence-corrected chi connectivity index (χ1v) is 8.39. The summed E-state index contributed by atoms with van der Waals surface area (Å²) in [6.45, 7) is 2.61. The Morgan fingerprint density at radius 1 is 0.920 bits per heavy atom. The van der Waals surface area contributed by atoms with Gasteiger partial charge in [0, 0.05) is 32.2 Å². The standard InChI is InChI=1S/C17H20F6N2/c18-16(19,20)13-8-12(9-14(10-13)17(21,22)23)15(7-11-1-2-11)25-5-3-24-4-6-25/h8-11,15,24H,1-7H2/t15-/m0/s1. The second kappa shape index (κ2) is 6.79. The Kier molecular flexibility index (Phi) is 5.03. The van der Waals surface area contributed by atoms with Gasteiger partial charge in [0.25, 0.3) is 0 Å². The molecule has 1 heterocycles. The molecule has 2 aliphatic rings. The predicted molar refractivity (Wildman–Crippen MR) is 81.0 cm³/mol. The first-order valence-electron chi connectivity index (χ1n) is 8.39. The Hall–Kier alpha value is -1.28. The van der Waals surface area contributed by atoms with Crippen LogP contribution in [0.4, 0.5) is 26.3 Å². The minimum Gasteiger partial charge on any atom is -0.314 e. The highest BCUT2D eigenvalue weighted by molar-refractivity contribution is 5.35. The van der Waals surface area contributed by atoms with E-state index >= 15 is 0 Å². The molecule has 1 atom stereocenters. The molecule has 8 heteroatoms. The zero-order valence-electron chi connectivity index (χ0n) is 13.6. The van der Waals surface area contributed by atoms with E-state index in [4.69, 9.17) is 0 Å². The van der Waals surface area contributed by atoms with Gasteiger partial charge >= 0.3 is 12.4 Å². The van der Waals surface area contributed by atoms with Crippen molar-refractivity contribution in [2.45, 2.75) is 37.7 Å². The second-order valence-electron chi connectivity index (χ2n) is 6.82. The number of piperazine rings is 1. The van der Waals surface area contributed by atoms with Crippen LogP contribution in [0.5, 0.6) is 0 Å². The van der Waals surface area contributed by atoms with Crippen molar-refractivity contribution in [2.75, 3.05) is 26.2 Å². The van der Waals surface area contributed by atoms with Crippen molar-refractivity contribution >= 4 is 0 Å². The molecule has 1 aromatic rings. The Morgan fingerprint density at radius 3 is 1.88 bits per heavy atom. The molecule has 1 saturated heterocycles. The van der Waals surface area contributed by atoms with E-state index < -0.39 is 29.5 Å². The van der Waals surface area contributed by atoms with E-state index in [2.05, 4.69) is 5.32 Å². The number of halogens is 6. The van der Waals surface area contributed by atoms with Gasteiger partial charge in [-0.1, -0.05) is 12.8 Å². The Bertz CT molecular complexity index is 568. The number of nitrogens with zero attached hydrogens (tertiary/aromatic N) is 1. The van der Waals surface area contributed by atoms with E-state index in [1.54, 1.807) is 0 Å². The molecule has 2 nitrogen and oxygen atoms in total. The van der Waals surface area contributed by atoms with E-state index in [1.165, 1.54) is 0 Å². The summed E-state index contributed by atoms with van der Waals surface area (Å²) < 4.78 is 78.8.